The molecule has 7 rings (SSSR count). The highest BCUT2D eigenvalue weighted by Gasteiger charge is 2.50. The van der Waals surface area contributed by atoms with E-state index in [1.807, 2.05) is 44.2 Å². The zero-order chi connectivity index (χ0) is 58.9. The summed E-state index contributed by atoms with van der Waals surface area (Å²) in [6.07, 6.45) is 6.55. The molecule has 446 valence electrons. The van der Waals surface area contributed by atoms with Gasteiger partial charge in [0, 0.05) is 69.7 Å². The van der Waals surface area contributed by atoms with Crippen LogP contribution in [-0.4, -0.2) is 157 Å². The third-order valence-corrected chi connectivity index (χ3v) is 16.9. The van der Waals surface area contributed by atoms with Crippen LogP contribution in [0.4, 0.5) is 11.4 Å². The first-order valence-corrected chi connectivity index (χ1v) is 29.4. The molecule has 4 heterocycles. The van der Waals surface area contributed by atoms with E-state index in [0.717, 1.165) is 5.56 Å². The normalized spacial score (nSPS) is 23.5. The van der Waals surface area contributed by atoms with Gasteiger partial charge in [0.2, 0.25) is 47.3 Å². The van der Waals surface area contributed by atoms with Crippen LogP contribution in [0.3, 0.4) is 0 Å². The molecule has 0 radical (unpaired) electrons. The summed E-state index contributed by atoms with van der Waals surface area (Å²) in [5.41, 5.74) is 0.380. The Morgan fingerprint density at radius 2 is 1.07 bits per heavy atom. The maximum atomic E-state index is 14.4. The lowest BCUT2D eigenvalue weighted by Gasteiger charge is -2.33. The van der Waals surface area contributed by atoms with E-state index in [1.165, 1.54) is 4.90 Å². The van der Waals surface area contributed by atoms with Crippen LogP contribution in [-0.2, 0) is 44.9 Å². The van der Waals surface area contributed by atoms with Crippen molar-refractivity contribution < 1.29 is 43.5 Å². The monoisotopic (exact) mass is 1140 g/mol. The Hall–Kier alpha value is -7.24. The van der Waals surface area contributed by atoms with E-state index in [-0.39, 0.29) is 85.7 Å². The van der Waals surface area contributed by atoms with Crippen LogP contribution in [0.5, 0.6) is 0 Å². The van der Waals surface area contributed by atoms with Gasteiger partial charge >= 0.3 is 0 Å². The van der Waals surface area contributed by atoms with Gasteiger partial charge in [-0.25, -0.2) is 0 Å². The van der Waals surface area contributed by atoms with Crippen LogP contribution in [0.1, 0.15) is 121 Å². The number of nitrogens with zero attached hydrogens (tertiary/aromatic N) is 2. The minimum Gasteiger partial charge on any atom is -0.396 e. The van der Waals surface area contributed by atoms with Gasteiger partial charge in [-0.05, 0) is 109 Å². The Morgan fingerprint density at radius 3 is 1.62 bits per heavy atom. The van der Waals surface area contributed by atoms with Gasteiger partial charge in [-0.1, -0.05) is 74.5 Å². The molecule has 4 saturated heterocycles. The molecule has 0 spiro atoms. The van der Waals surface area contributed by atoms with Gasteiger partial charge in [0.05, 0.1) is 12.1 Å². The Bertz CT molecular complexity index is 2750. The number of carbonyl (C=O) groups is 8. The van der Waals surface area contributed by atoms with Gasteiger partial charge in [0.25, 0.3) is 10.9 Å². The lowest BCUT2D eigenvalue weighted by Crippen LogP contribution is -2.59. The van der Waals surface area contributed by atoms with E-state index in [0.29, 0.717) is 102 Å². The fourth-order valence-electron chi connectivity index (χ4n) is 12.1. The summed E-state index contributed by atoms with van der Waals surface area (Å²) in [6.45, 7) is 4.56. The number of amides is 8. The van der Waals surface area contributed by atoms with Crippen LogP contribution < -0.4 is 64.0 Å². The average Bonchev–Trinajstić information content (AvgIpc) is 3.74. The highest BCUT2D eigenvalue weighted by atomic mass is 16.3. The summed E-state index contributed by atoms with van der Waals surface area (Å²) >= 11 is 0. The fourth-order valence-corrected chi connectivity index (χ4v) is 12.1. The maximum Gasteiger partial charge on any atom is 0.253 e. The fraction of sp³-hybridized carbons (Fsp3) is 0.593. The highest BCUT2D eigenvalue weighted by Crippen LogP contribution is 2.36. The van der Waals surface area contributed by atoms with Crippen LogP contribution in [0.15, 0.2) is 70.3 Å². The molecule has 0 unspecified atom stereocenters. The number of aliphatic hydroxyl groups is 1. The number of rotatable bonds is 29. The van der Waals surface area contributed by atoms with Crippen molar-refractivity contribution in [2.75, 3.05) is 57.5 Å². The molecule has 0 aliphatic carbocycles. The summed E-state index contributed by atoms with van der Waals surface area (Å²) in [7, 11) is 3.33. The van der Waals surface area contributed by atoms with Crippen molar-refractivity contribution in [1.82, 2.24) is 52.3 Å². The van der Waals surface area contributed by atoms with Crippen LogP contribution in [0, 0.1) is 11.8 Å². The highest BCUT2D eigenvalue weighted by molar-refractivity contribution is 5.97. The molecule has 3 aromatic rings. The molecule has 4 fully saturated rings. The molecule has 0 bridgehead atoms. The number of nitrogens with one attached hydrogen (secondary N) is 10. The lowest BCUT2D eigenvalue weighted by atomic mass is 9.92. The third-order valence-electron chi connectivity index (χ3n) is 16.9. The van der Waals surface area contributed by atoms with Crippen molar-refractivity contribution in [3.8, 4) is 0 Å². The SMILES string of the molecule is CC[C@H](NC)C(=O)N[C@@H]1C(=O)N2[C@@H](CC[C@@H]1CNC(=O)CCCNc1c(NCCCCNC(=O)[C@@H](NC(=O)[C@@H]3CC[C@@H]4CC[C@H](CO)[C@H](NC(=O)[C@H](CC)NC)C(=O)N43)c3ccccc3)c(=O)c1=O)CC[C@H]2C(=O)NCc1ccccc1. The maximum absolute atomic E-state index is 14.4. The summed E-state index contributed by atoms with van der Waals surface area (Å²) in [5, 5.41) is 39.7. The number of benzene rings is 2. The van der Waals surface area contributed by atoms with Crippen molar-refractivity contribution in [2.24, 2.45) is 11.8 Å². The molecule has 11 atom stereocenters. The second kappa shape index (κ2) is 30.2. The molecule has 4 aliphatic heterocycles. The number of fused-ring (bicyclic) bond motifs is 2. The third kappa shape index (κ3) is 15.2. The summed E-state index contributed by atoms with van der Waals surface area (Å²) in [4.78, 5) is 138. The summed E-state index contributed by atoms with van der Waals surface area (Å²) in [6, 6.07) is 12.0. The number of carbonyl (C=O) groups excluding carboxylic acids is 8. The molecule has 23 heteroatoms. The van der Waals surface area contributed by atoms with Crippen LogP contribution >= 0.6 is 0 Å². The molecule has 11 N–H and O–H groups in total. The van der Waals surface area contributed by atoms with Gasteiger partial charge in [-0.3, -0.25) is 47.9 Å². The predicted molar refractivity (Wildman–Crippen MR) is 308 cm³/mol. The minimum absolute atomic E-state index is 0.0721. The summed E-state index contributed by atoms with van der Waals surface area (Å²) in [5.74, 6) is -3.97. The molecular formula is C59H84N12O11. The number of hydrogen-bond acceptors (Lipinski definition) is 15. The Morgan fingerprint density at radius 1 is 0.573 bits per heavy atom. The van der Waals surface area contributed by atoms with Gasteiger partial charge < -0.3 is 68.1 Å². The van der Waals surface area contributed by atoms with Crippen molar-refractivity contribution >= 4 is 58.6 Å². The van der Waals surface area contributed by atoms with Crippen molar-refractivity contribution in [3.63, 3.8) is 0 Å². The number of anilines is 2. The molecule has 4 aliphatic rings. The number of likely N-dealkylation sites (N-methyl/N-ethyl adjacent to an activating group) is 2. The van der Waals surface area contributed by atoms with E-state index in [9.17, 15) is 53.1 Å². The Balaban J connectivity index is 0.856. The second-order valence-corrected chi connectivity index (χ2v) is 22.0. The lowest BCUT2D eigenvalue weighted by molar-refractivity contribution is -0.144. The molecule has 0 aromatic heterocycles. The molecule has 82 heavy (non-hydrogen) atoms. The Labute approximate surface area is 479 Å². The van der Waals surface area contributed by atoms with E-state index in [1.54, 1.807) is 49.3 Å². The largest absolute Gasteiger partial charge is 0.396 e. The van der Waals surface area contributed by atoms with Crippen molar-refractivity contribution in [1.29, 1.82) is 0 Å². The average molecular weight is 1140 g/mol. The minimum atomic E-state index is -1.09. The Kier molecular flexibility index (Phi) is 22.9. The molecule has 8 amide bonds. The van der Waals surface area contributed by atoms with E-state index in [2.05, 4.69) is 53.2 Å². The summed E-state index contributed by atoms with van der Waals surface area (Å²) < 4.78 is 0. The van der Waals surface area contributed by atoms with Crippen molar-refractivity contribution in [3.05, 3.63) is 92.2 Å². The van der Waals surface area contributed by atoms with Gasteiger partial charge in [0.15, 0.2) is 0 Å². The van der Waals surface area contributed by atoms with E-state index >= 15 is 0 Å². The van der Waals surface area contributed by atoms with Gasteiger partial charge in [-0.2, -0.15) is 0 Å². The van der Waals surface area contributed by atoms with Crippen LogP contribution in [0.2, 0.25) is 0 Å². The first kappa shape index (κ1) is 62.4. The molecular weight excluding hydrogens is 1050 g/mol. The number of aliphatic hydroxyl groups excluding tert-OH is 1. The second-order valence-electron chi connectivity index (χ2n) is 22.0. The van der Waals surface area contributed by atoms with Crippen molar-refractivity contribution in [2.45, 2.75) is 165 Å². The zero-order valence-electron chi connectivity index (χ0n) is 47.7. The van der Waals surface area contributed by atoms with Gasteiger partial charge in [0.1, 0.15) is 41.6 Å². The number of hydrogen-bond donors (Lipinski definition) is 11. The smallest absolute Gasteiger partial charge is 0.253 e. The molecule has 0 saturated carbocycles. The zero-order valence-corrected chi connectivity index (χ0v) is 47.7. The van der Waals surface area contributed by atoms with Gasteiger partial charge in [-0.15, -0.1) is 0 Å². The molecule has 3 aromatic carbocycles. The quantitative estimate of drug-likeness (QED) is 0.0335. The predicted octanol–water partition coefficient (Wildman–Crippen LogP) is 0.570. The van der Waals surface area contributed by atoms with Crippen LogP contribution in [0.25, 0.3) is 0 Å². The topological polar surface area (TPSA) is 318 Å². The first-order valence-electron chi connectivity index (χ1n) is 29.4. The van der Waals surface area contributed by atoms with E-state index in [4.69, 9.17) is 0 Å². The standard InChI is InChI=1S/C59H84N12O11/c1-5-41(60-3)53(76)68-47-37(21-23-39-25-27-43(70(39)58(47)81)55(78)66-32-35-16-9-7-10-17-35)33-65-45(73)20-15-31-63-50-49(51(74)52(50)75)62-29-13-14-30-64-57(80)46(36-18-11-8-12-19-36)67-56(79)44-28-26-40-24-22-38(34-72)48(59(82)71(40)44)69-54(77)42(6-2)61-4/h7-12,16-19,37-44,46-48,60-63,72H,5-6,13-15,20-34H2,1-4H3,(H,64,80)(H,65,73)(H,66,78)(H,67,79)(H,68,76)(H,69,77)/t37-,38-,39+,40+,41+,42+,43+,44+,46+,47+,48+/m1/s1. The van der Waals surface area contributed by atoms with E-state index < -0.39 is 82.7 Å². The molecule has 23 nitrogen and oxygen atoms in total. The number of unbranched alkanes of at least 4 members (excludes halogenated alkanes) is 1. The first-order chi connectivity index (χ1) is 39.6.